The zero-order chi connectivity index (χ0) is 23.8. The highest BCUT2D eigenvalue weighted by molar-refractivity contribution is 6.32. The standard InChI is InChI=1S/C27H37ClN2O3/c1-18-19(2)25(33-17-27(3,4)31)12-10-22(18)24-8-6-7-21-16-29(13-14-30(21)24)20-9-11-23(28)26(15-20)32-5/h9-12,15,21,24,31H,6-8,13-14,16-17H2,1-5H3/t21-,24+/m0/s1. The lowest BCUT2D eigenvalue weighted by Gasteiger charge is -2.49. The molecule has 33 heavy (non-hydrogen) atoms. The molecule has 1 N–H and O–H groups in total. The summed E-state index contributed by atoms with van der Waals surface area (Å²) in [5.41, 5.74) is 4.22. The molecule has 4 rings (SSSR count). The normalized spacial score (nSPS) is 21.6. The van der Waals surface area contributed by atoms with Crippen molar-refractivity contribution in [1.82, 2.24) is 4.90 Å². The molecule has 6 heteroatoms. The summed E-state index contributed by atoms with van der Waals surface area (Å²) in [4.78, 5) is 5.18. The zero-order valence-electron chi connectivity index (χ0n) is 20.5. The highest BCUT2D eigenvalue weighted by Crippen LogP contribution is 2.40. The van der Waals surface area contributed by atoms with Gasteiger partial charge in [-0.1, -0.05) is 17.7 Å². The van der Waals surface area contributed by atoms with Crippen LogP contribution in [0.2, 0.25) is 5.02 Å². The lowest BCUT2D eigenvalue weighted by Crippen LogP contribution is -2.56. The molecule has 0 spiro atoms. The maximum absolute atomic E-state index is 10.0. The van der Waals surface area contributed by atoms with Gasteiger partial charge in [0.25, 0.3) is 0 Å². The van der Waals surface area contributed by atoms with E-state index in [2.05, 4.69) is 47.9 Å². The van der Waals surface area contributed by atoms with Gasteiger partial charge in [-0.2, -0.15) is 0 Å². The second kappa shape index (κ2) is 9.73. The van der Waals surface area contributed by atoms with Gasteiger partial charge in [0.2, 0.25) is 0 Å². The summed E-state index contributed by atoms with van der Waals surface area (Å²) in [5.74, 6) is 1.60. The van der Waals surface area contributed by atoms with E-state index in [0.29, 0.717) is 17.1 Å². The minimum Gasteiger partial charge on any atom is -0.495 e. The van der Waals surface area contributed by atoms with Gasteiger partial charge in [0.1, 0.15) is 18.1 Å². The third kappa shape index (κ3) is 5.26. The molecule has 0 aliphatic carbocycles. The number of piperidine rings is 1. The predicted molar refractivity (Wildman–Crippen MR) is 135 cm³/mol. The van der Waals surface area contributed by atoms with Gasteiger partial charge in [-0.3, -0.25) is 4.90 Å². The molecule has 5 nitrogen and oxygen atoms in total. The maximum atomic E-state index is 10.0. The Labute approximate surface area is 203 Å². The van der Waals surface area contributed by atoms with Crippen LogP contribution in [0.1, 0.15) is 55.8 Å². The fourth-order valence-corrected chi connectivity index (χ4v) is 5.45. The Hall–Kier alpha value is -1.95. The summed E-state index contributed by atoms with van der Waals surface area (Å²) in [7, 11) is 1.67. The highest BCUT2D eigenvalue weighted by Gasteiger charge is 2.36. The number of rotatable bonds is 6. The molecule has 2 atom stereocenters. The largest absolute Gasteiger partial charge is 0.495 e. The number of ether oxygens (including phenoxy) is 2. The van der Waals surface area contributed by atoms with Gasteiger partial charge in [-0.25, -0.2) is 0 Å². The van der Waals surface area contributed by atoms with Gasteiger partial charge in [0.05, 0.1) is 17.7 Å². The molecule has 0 amide bonds. The Morgan fingerprint density at radius 1 is 1.06 bits per heavy atom. The first-order chi connectivity index (χ1) is 15.7. The first-order valence-corrected chi connectivity index (χ1v) is 12.4. The number of methoxy groups -OCH3 is 1. The number of hydrogen-bond acceptors (Lipinski definition) is 5. The van der Waals surface area contributed by atoms with Crippen molar-refractivity contribution < 1.29 is 14.6 Å². The van der Waals surface area contributed by atoms with E-state index in [0.717, 1.165) is 31.1 Å². The van der Waals surface area contributed by atoms with Crippen molar-refractivity contribution in [1.29, 1.82) is 0 Å². The Morgan fingerprint density at radius 2 is 1.85 bits per heavy atom. The maximum Gasteiger partial charge on any atom is 0.139 e. The van der Waals surface area contributed by atoms with Gasteiger partial charge < -0.3 is 19.5 Å². The Bertz CT molecular complexity index is 988. The number of halogens is 1. The minimum atomic E-state index is -0.844. The number of anilines is 1. The molecule has 0 unspecified atom stereocenters. The van der Waals surface area contributed by atoms with Crippen molar-refractivity contribution >= 4 is 17.3 Å². The number of nitrogens with zero attached hydrogens (tertiary/aromatic N) is 2. The van der Waals surface area contributed by atoms with Crippen molar-refractivity contribution in [2.45, 2.75) is 64.6 Å². The summed E-state index contributed by atoms with van der Waals surface area (Å²) < 4.78 is 11.4. The number of hydrogen-bond donors (Lipinski definition) is 1. The van der Waals surface area contributed by atoms with Crippen molar-refractivity contribution in [3.05, 3.63) is 52.0 Å². The molecule has 2 heterocycles. The molecule has 0 radical (unpaired) electrons. The van der Waals surface area contributed by atoms with E-state index < -0.39 is 5.60 Å². The number of aliphatic hydroxyl groups is 1. The van der Waals surface area contributed by atoms with Crippen LogP contribution in [0.5, 0.6) is 11.5 Å². The highest BCUT2D eigenvalue weighted by atomic mass is 35.5. The lowest BCUT2D eigenvalue weighted by atomic mass is 9.86. The molecule has 0 saturated carbocycles. The monoisotopic (exact) mass is 472 g/mol. The molecule has 0 bridgehead atoms. The van der Waals surface area contributed by atoms with E-state index in [4.69, 9.17) is 21.1 Å². The molecule has 2 aromatic rings. The second-order valence-electron chi connectivity index (χ2n) is 10.1. The average Bonchev–Trinajstić information content (AvgIpc) is 2.79. The van der Waals surface area contributed by atoms with Crippen LogP contribution in [-0.2, 0) is 0 Å². The number of benzene rings is 2. The fraction of sp³-hybridized carbons (Fsp3) is 0.556. The molecule has 0 aromatic heterocycles. The van der Waals surface area contributed by atoms with Crippen LogP contribution < -0.4 is 14.4 Å². The van der Waals surface area contributed by atoms with Crippen LogP contribution >= 0.6 is 11.6 Å². The molecule has 180 valence electrons. The molecular formula is C27H37ClN2O3. The quantitative estimate of drug-likeness (QED) is 0.598. The molecule has 2 aliphatic heterocycles. The second-order valence-corrected chi connectivity index (χ2v) is 10.5. The van der Waals surface area contributed by atoms with Crippen LogP contribution in [-0.4, -0.2) is 55.0 Å². The molecule has 2 fully saturated rings. The van der Waals surface area contributed by atoms with Gasteiger partial charge in [0, 0.05) is 43.5 Å². The summed E-state index contributed by atoms with van der Waals surface area (Å²) in [6, 6.07) is 11.4. The predicted octanol–water partition coefficient (Wildman–Crippen LogP) is 5.53. The summed E-state index contributed by atoms with van der Waals surface area (Å²) in [6.07, 6.45) is 3.65. The van der Waals surface area contributed by atoms with Gasteiger partial charge in [-0.05, 0) is 81.8 Å². The van der Waals surface area contributed by atoms with Crippen molar-refractivity contribution in [2.24, 2.45) is 0 Å². The van der Waals surface area contributed by atoms with E-state index in [1.54, 1.807) is 21.0 Å². The van der Waals surface area contributed by atoms with Crippen molar-refractivity contribution in [3.8, 4) is 11.5 Å². The van der Waals surface area contributed by atoms with Gasteiger partial charge in [0.15, 0.2) is 0 Å². The van der Waals surface area contributed by atoms with Crippen LogP contribution in [0.15, 0.2) is 30.3 Å². The SMILES string of the molecule is COc1cc(N2CCN3[C@@H](CCC[C@@H]3c3ccc(OCC(C)(C)O)c(C)c3C)C2)ccc1Cl. The third-order valence-electron chi connectivity index (χ3n) is 7.16. The Balaban J connectivity index is 1.51. The van der Waals surface area contributed by atoms with E-state index in [-0.39, 0.29) is 6.61 Å². The summed E-state index contributed by atoms with van der Waals surface area (Å²) >= 11 is 6.24. The van der Waals surface area contributed by atoms with Crippen LogP contribution in [0, 0.1) is 13.8 Å². The average molecular weight is 473 g/mol. The number of fused-ring (bicyclic) bond motifs is 1. The summed E-state index contributed by atoms with van der Waals surface area (Å²) in [5, 5.41) is 10.7. The molecule has 2 saturated heterocycles. The molecule has 2 aromatic carbocycles. The van der Waals surface area contributed by atoms with E-state index in [9.17, 15) is 5.11 Å². The zero-order valence-corrected chi connectivity index (χ0v) is 21.3. The van der Waals surface area contributed by atoms with E-state index >= 15 is 0 Å². The Kier molecular flexibility index (Phi) is 7.13. The minimum absolute atomic E-state index is 0.287. The third-order valence-corrected chi connectivity index (χ3v) is 7.47. The fourth-order valence-electron chi connectivity index (χ4n) is 5.25. The smallest absolute Gasteiger partial charge is 0.139 e. The van der Waals surface area contributed by atoms with Gasteiger partial charge in [-0.15, -0.1) is 0 Å². The van der Waals surface area contributed by atoms with Crippen LogP contribution in [0.4, 0.5) is 5.69 Å². The first kappa shape index (κ1) is 24.2. The lowest BCUT2D eigenvalue weighted by molar-refractivity contribution is 0.0282. The van der Waals surface area contributed by atoms with E-state index in [1.807, 2.05) is 6.07 Å². The van der Waals surface area contributed by atoms with E-state index in [1.165, 1.54) is 41.6 Å². The number of piperazine rings is 1. The van der Waals surface area contributed by atoms with Crippen molar-refractivity contribution in [2.75, 3.05) is 38.3 Å². The Morgan fingerprint density at radius 3 is 2.58 bits per heavy atom. The van der Waals surface area contributed by atoms with Gasteiger partial charge >= 0.3 is 0 Å². The van der Waals surface area contributed by atoms with Crippen LogP contribution in [0.3, 0.4) is 0 Å². The summed E-state index contributed by atoms with van der Waals surface area (Å²) in [6.45, 7) is 11.2. The molecular weight excluding hydrogens is 436 g/mol. The first-order valence-electron chi connectivity index (χ1n) is 12.0. The van der Waals surface area contributed by atoms with Crippen LogP contribution in [0.25, 0.3) is 0 Å². The van der Waals surface area contributed by atoms with Crippen molar-refractivity contribution in [3.63, 3.8) is 0 Å². The topological polar surface area (TPSA) is 45.2 Å². The molecule has 2 aliphatic rings.